The lowest BCUT2D eigenvalue weighted by Gasteiger charge is -2.03. The largest absolute Gasteiger partial charge is 0.430 e. The number of fused-ring (bicyclic) bond motifs is 1. The maximum atomic E-state index is 11.3. The Kier molecular flexibility index (Phi) is 2.56. The molecule has 90 valence electrons. The quantitative estimate of drug-likeness (QED) is 0.663. The Morgan fingerprint density at radius 3 is 3.00 bits per heavy atom. The molecule has 18 heavy (non-hydrogen) atoms. The van der Waals surface area contributed by atoms with E-state index in [0.717, 1.165) is 10.9 Å². The van der Waals surface area contributed by atoms with E-state index in [4.69, 9.17) is 9.15 Å². The van der Waals surface area contributed by atoms with Crippen molar-refractivity contribution in [3.63, 3.8) is 0 Å². The fourth-order valence-electron chi connectivity index (χ4n) is 1.68. The molecule has 6 heteroatoms. The fourth-order valence-corrected chi connectivity index (χ4v) is 2.10. The molecule has 2 aromatic heterocycles. The normalized spacial score (nSPS) is 10.7. The van der Waals surface area contributed by atoms with Crippen LogP contribution in [0.2, 0.25) is 0 Å². The Bertz CT molecular complexity index is 750. The second-order valence-electron chi connectivity index (χ2n) is 3.71. The monoisotopic (exact) mass is 260 g/mol. The predicted octanol–water partition coefficient (Wildman–Crippen LogP) is 2.75. The summed E-state index contributed by atoms with van der Waals surface area (Å²) in [6.07, 6.45) is 0. The SMILES string of the molecule is Cc1cc(=O)oc2cc(Oc3nncs3)ccc12. The number of rotatable bonds is 2. The Labute approximate surface area is 106 Å². The molecular weight excluding hydrogens is 252 g/mol. The number of hydrogen-bond acceptors (Lipinski definition) is 6. The lowest BCUT2D eigenvalue weighted by molar-refractivity contribution is 0.471. The van der Waals surface area contributed by atoms with Crippen molar-refractivity contribution in [2.45, 2.75) is 6.92 Å². The first-order valence-corrected chi connectivity index (χ1v) is 6.09. The topological polar surface area (TPSA) is 65.2 Å². The summed E-state index contributed by atoms with van der Waals surface area (Å²) in [4.78, 5) is 11.3. The highest BCUT2D eigenvalue weighted by atomic mass is 32.1. The average molecular weight is 260 g/mol. The van der Waals surface area contributed by atoms with Crippen LogP contribution in [0.25, 0.3) is 11.0 Å². The van der Waals surface area contributed by atoms with Crippen molar-refractivity contribution >= 4 is 22.3 Å². The summed E-state index contributed by atoms with van der Waals surface area (Å²) >= 11 is 1.29. The van der Waals surface area contributed by atoms with Crippen LogP contribution >= 0.6 is 11.3 Å². The van der Waals surface area contributed by atoms with E-state index in [1.54, 1.807) is 17.6 Å². The molecule has 0 aliphatic heterocycles. The minimum absolute atomic E-state index is 0.368. The van der Waals surface area contributed by atoms with Gasteiger partial charge in [-0.1, -0.05) is 16.4 Å². The van der Waals surface area contributed by atoms with E-state index < -0.39 is 0 Å². The minimum atomic E-state index is -0.368. The molecule has 2 heterocycles. The van der Waals surface area contributed by atoms with Crippen LogP contribution in [0.5, 0.6) is 10.9 Å². The third-order valence-electron chi connectivity index (χ3n) is 2.47. The van der Waals surface area contributed by atoms with E-state index in [-0.39, 0.29) is 5.63 Å². The summed E-state index contributed by atoms with van der Waals surface area (Å²) in [5.41, 5.74) is 2.60. The highest BCUT2D eigenvalue weighted by Gasteiger charge is 2.06. The van der Waals surface area contributed by atoms with Gasteiger partial charge in [-0.3, -0.25) is 0 Å². The van der Waals surface area contributed by atoms with Crippen molar-refractivity contribution in [1.29, 1.82) is 0 Å². The van der Waals surface area contributed by atoms with Gasteiger partial charge >= 0.3 is 5.63 Å². The van der Waals surface area contributed by atoms with Gasteiger partial charge in [0.15, 0.2) is 0 Å². The minimum Gasteiger partial charge on any atom is -0.430 e. The lowest BCUT2D eigenvalue weighted by atomic mass is 10.1. The smallest absolute Gasteiger partial charge is 0.336 e. The standard InChI is InChI=1S/C12H8N2O3S/c1-7-4-11(15)17-10-5-8(2-3-9(7)10)16-12-14-13-6-18-12/h2-6H,1H3. The molecule has 0 spiro atoms. The molecule has 0 amide bonds. The number of hydrogen-bond donors (Lipinski definition) is 0. The Morgan fingerprint density at radius 1 is 1.33 bits per heavy atom. The van der Waals surface area contributed by atoms with E-state index >= 15 is 0 Å². The highest BCUT2D eigenvalue weighted by Crippen LogP contribution is 2.26. The van der Waals surface area contributed by atoms with Gasteiger partial charge in [0.1, 0.15) is 16.8 Å². The average Bonchev–Trinajstić information content (AvgIpc) is 2.81. The van der Waals surface area contributed by atoms with Crippen LogP contribution in [0.1, 0.15) is 5.56 Å². The van der Waals surface area contributed by atoms with Crippen molar-refractivity contribution < 1.29 is 9.15 Å². The summed E-state index contributed by atoms with van der Waals surface area (Å²) < 4.78 is 10.6. The van der Waals surface area contributed by atoms with Crippen LogP contribution in [0.4, 0.5) is 0 Å². The molecular formula is C12H8N2O3S. The fraction of sp³-hybridized carbons (Fsp3) is 0.0833. The van der Waals surface area contributed by atoms with Gasteiger partial charge in [0.25, 0.3) is 5.19 Å². The lowest BCUT2D eigenvalue weighted by Crippen LogP contribution is -1.97. The second-order valence-corrected chi connectivity index (χ2v) is 4.51. The van der Waals surface area contributed by atoms with Crippen molar-refractivity contribution in [3.8, 4) is 10.9 Å². The maximum absolute atomic E-state index is 11.3. The van der Waals surface area contributed by atoms with E-state index in [1.165, 1.54) is 17.4 Å². The third kappa shape index (κ3) is 1.98. The maximum Gasteiger partial charge on any atom is 0.336 e. The molecule has 3 rings (SSSR count). The molecule has 1 aromatic carbocycles. The summed E-state index contributed by atoms with van der Waals surface area (Å²) in [5.74, 6) is 0.563. The first-order chi connectivity index (χ1) is 8.72. The van der Waals surface area contributed by atoms with Gasteiger partial charge in [0.2, 0.25) is 0 Å². The molecule has 0 aliphatic carbocycles. The number of ether oxygens (including phenoxy) is 1. The van der Waals surface area contributed by atoms with Gasteiger partial charge in [0, 0.05) is 17.5 Å². The molecule has 0 saturated carbocycles. The zero-order valence-electron chi connectivity index (χ0n) is 9.41. The molecule has 0 N–H and O–H groups in total. The van der Waals surface area contributed by atoms with Crippen molar-refractivity contribution in [3.05, 3.63) is 45.8 Å². The molecule has 0 atom stereocenters. The predicted molar refractivity (Wildman–Crippen MR) is 67.2 cm³/mol. The van der Waals surface area contributed by atoms with Gasteiger partial charge in [-0.05, 0) is 24.6 Å². The molecule has 0 fully saturated rings. The van der Waals surface area contributed by atoms with E-state index in [1.807, 2.05) is 13.0 Å². The first-order valence-electron chi connectivity index (χ1n) is 5.21. The number of nitrogens with zero attached hydrogens (tertiary/aromatic N) is 2. The molecule has 3 aromatic rings. The van der Waals surface area contributed by atoms with Gasteiger partial charge in [0.05, 0.1) is 0 Å². The van der Waals surface area contributed by atoms with Crippen LogP contribution < -0.4 is 10.4 Å². The van der Waals surface area contributed by atoms with E-state index in [2.05, 4.69) is 10.2 Å². The Hall–Kier alpha value is -2.21. The Balaban J connectivity index is 2.08. The number of aromatic nitrogens is 2. The van der Waals surface area contributed by atoms with Crippen LogP contribution in [0.15, 0.2) is 39.0 Å². The van der Waals surface area contributed by atoms with E-state index in [9.17, 15) is 4.79 Å². The zero-order valence-corrected chi connectivity index (χ0v) is 10.2. The van der Waals surface area contributed by atoms with Crippen molar-refractivity contribution in [2.24, 2.45) is 0 Å². The van der Waals surface area contributed by atoms with Gasteiger partial charge in [-0.15, -0.1) is 5.10 Å². The summed E-state index contributed by atoms with van der Waals surface area (Å²) in [6.45, 7) is 1.87. The molecule has 0 bridgehead atoms. The van der Waals surface area contributed by atoms with Crippen LogP contribution in [0.3, 0.4) is 0 Å². The zero-order chi connectivity index (χ0) is 12.5. The first kappa shape index (κ1) is 10.9. The van der Waals surface area contributed by atoms with Gasteiger partial charge in [-0.25, -0.2) is 4.79 Å². The van der Waals surface area contributed by atoms with Crippen molar-refractivity contribution in [1.82, 2.24) is 10.2 Å². The second kappa shape index (κ2) is 4.23. The molecule has 0 aliphatic rings. The summed E-state index contributed by atoms with van der Waals surface area (Å²) in [7, 11) is 0. The third-order valence-corrected chi connectivity index (χ3v) is 3.03. The molecule has 5 nitrogen and oxygen atoms in total. The van der Waals surface area contributed by atoms with Crippen molar-refractivity contribution in [2.75, 3.05) is 0 Å². The van der Waals surface area contributed by atoms with Crippen LogP contribution in [-0.4, -0.2) is 10.2 Å². The van der Waals surface area contributed by atoms with Crippen LogP contribution in [0, 0.1) is 6.92 Å². The van der Waals surface area contributed by atoms with Crippen LogP contribution in [-0.2, 0) is 0 Å². The van der Waals surface area contributed by atoms with Gasteiger partial charge < -0.3 is 9.15 Å². The number of benzene rings is 1. The van der Waals surface area contributed by atoms with Gasteiger partial charge in [-0.2, -0.15) is 0 Å². The molecule has 0 radical (unpaired) electrons. The Morgan fingerprint density at radius 2 is 2.22 bits per heavy atom. The summed E-state index contributed by atoms with van der Waals surface area (Å²) in [5, 5.41) is 8.80. The molecule has 0 unspecified atom stereocenters. The van der Waals surface area contributed by atoms with E-state index in [0.29, 0.717) is 16.5 Å². The number of aryl methyl sites for hydroxylation is 1. The highest BCUT2D eigenvalue weighted by molar-refractivity contribution is 7.11. The molecule has 0 saturated heterocycles. The summed E-state index contributed by atoms with van der Waals surface area (Å²) in [6, 6.07) is 6.79.